The van der Waals surface area contributed by atoms with E-state index in [-0.39, 0.29) is 0 Å². The fraction of sp³-hybridized carbons (Fsp3) is 0.118. The largest absolute Gasteiger partial charge is 0.420 e. The Kier molecular flexibility index (Phi) is 5.07. The molecule has 130 valence electrons. The minimum absolute atomic E-state index is 0.491. The van der Waals surface area contributed by atoms with Crippen LogP contribution in [0.25, 0.3) is 11.5 Å². The van der Waals surface area contributed by atoms with Crippen LogP contribution in [0, 0.1) is 0 Å². The van der Waals surface area contributed by atoms with E-state index in [1.165, 1.54) is 11.8 Å². The first-order chi connectivity index (χ1) is 12.8. The highest BCUT2D eigenvalue weighted by atomic mass is 79.9. The molecule has 7 nitrogen and oxygen atoms in total. The zero-order valence-corrected chi connectivity index (χ0v) is 15.9. The first-order valence-corrected chi connectivity index (χ1v) is 9.57. The molecule has 0 saturated heterocycles. The predicted molar refractivity (Wildman–Crippen MR) is 100 cm³/mol. The van der Waals surface area contributed by atoms with Gasteiger partial charge in [-0.2, -0.15) is 0 Å². The van der Waals surface area contributed by atoms with Gasteiger partial charge in [-0.05, 0) is 34.2 Å². The van der Waals surface area contributed by atoms with E-state index in [4.69, 9.17) is 4.42 Å². The summed E-state index contributed by atoms with van der Waals surface area (Å²) in [6, 6.07) is 17.8. The van der Waals surface area contributed by atoms with E-state index in [1.807, 2.05) is 54.6 Å². The summed E-state index contributed by atoms with van der Waals surface area (Å²) in [4.78, 5) is 0. The molecular weight excluding hydrogens is 416 g/mol. The lowest BCUT2D eigenvalue weighted by Gasteiger charge is -2.03. The number of benzene rings is 2. The molecule has 0 aliphatic carbocycles. The molecule has 0 fully saturated rings. The van der Waals surface area contributed by atoms with Crippen LogP contribution in [0.4, 0.5) is 0 Å². The van der Waals surface area contributed by atoms with Gasteiger partial charge in [0, 0.05) is 10.0 Å². The molecule has 0 spiro atoms. The summed E-state index contributed by atoms with van der Waals surface area (Å²) in [5, 5.41) is 20.8. The Hall–Kier alpha value is -2.52. The molecule has 0 unspecified atom stereocenters. The predicted octanol–water partition coefficient (Wildman–Crippen LogP) is 3.83. The van der Waals surface area contributed by atoms with Crippen LogP contribution in [-0.4, -0.2) is 30.4 Å². The van der Waals surface area contributed by atoms with E-state index in [1.54, 1.807) is 4.68 Å². The smallest absolute Gasteiger partial charge is 0.247 e. The van der Waals surface area contributed by atoms with Crippen molar-refractivity contribution in [2.24, 2.45) is 0 Å². The fourth-order valence-electron chi connectivity index (χ4n) is 2.33. The van der Waals surface area contributed by atoms with Crippen LogP contribution >= 0.6 is 27.7 Å². The molecule has 0 bridgehead atoms. The average molecular weight is 429 g/mol. The first kappa shape index (κ1) is 16.9. The van der Waals surface area contributed by atoms with E-state index in [9.17, 15) is 0 Å². The van der Waals surface area contributed by atoms with Crippen LogP contribution < -0.4 is 0 Å². The van der Waals surface area contributed by atoms with E-state index in [0.717, 1.165) is 15.6 Å². The molecule has 0 saturated carbocycles. The molecule has 2 aromatic carbocycles. The monoisotopic (exact) mass is 428 g/mol. The second-order valence-corrected chi connectivity index (χ2v) is 7.26. The molecule has 0 aliphatic rings. The van der Waals surface area contributed by atoms with Crippen molar-refractivity contribution in [1.82, 2.24) is 30.4 Å². The normalized spacial score (nSPS) is 11.0. The zero-order valence-electron chi connectivity index (χ0n) is 13.5. The number of aromatic nitrogens is 6. The Morgan fingerprint density at radius 3 is 2.73 bits per heavy atom. The quantitative estimate of drug-likeness (QED) is 0.431. The Balaban J connectivity index is 1.43. The summed E-state index contributed by atoms with van der Waals surface area (Å²) >= 11 is 4.90. The van der Waals surface area contributed by atoms with Gasteiger partial charge in [-0.3, -0.25) is 0 Å². The molecule has 0 amide bonds. The molecule has 0 atom stereocenters. The molecule has 2 aromatic heterocycles. The van der Waals surface area contributed by atoms with Crippen molar-refractivity contribution in [2.75, 3.05) is 0 Å². The Labute approximate surface area is 162 Å². The summed E-state index contributed by atoms with van der Waals surface area (Å²) in [5.74, 6) is 1.51. The van der Waals surface area contributed by atoms with Crippen molar-refractivity contribution < 1.29 is 4.42 Å². The summed E-state index contributed by atoms with van der Waals surface area (Å²) in [7, 11) is 0. The van der Waals surface area contributed by atoms with E-state index < -0.39 is 0 Å². The third-order valence-corrected chi connectivity index (χ3v) is 4.97. The van der Waals surface area contributed by atoms with Gasteiger partial charge in [-0.25, -0.2) is 4.68 Å². The summed E-state index contributed by atoms with van der Waals surface area (Å²) < 4.78 is 8.46. The Morgan fingerprint density at radius 1 is 1.00 bits per heavy atom. The topological polar surface area (TPSA) is 82.5 Å². The van der Waals surface area contributed by atoms with Crippen LogP contribution in [0.5, 0.6) is 0 Å². The minimum Gasteiger partial charge on any atom is -0.420 e. The fourth-order valence-corrected chi connectivity index (χ4v) is 3.44. The van der Waals surface area contributed by atoms with E-state index in [2.05, 4.69) is 41.7 Å². The van der Waals surface area contributed by atoms with Crippen molar-refractivity contribution in [1.29, 1.82) is 0 Å². The van der Waals surface area contributed by atoms with Crippen LogP contribution in [0.1, 0.15) is 11.5 Å². The highest BCUT2D eigenvalue weighted by Crippen LogP contribution is 2.25. The molecule has 26 heavy (non-hydrogen) atoms. The van der Waals surface area contributed by atoms with Gasteiger partial charge >= 0.3 is 0 Å². The number of halogens is 1. The van der Waals surface area contributed by atoms with Crippen molar-refractivity contribution in [3.8, 4) is 11.5 Å². The number of rotatable bonds is 6. The van der Waals surface area contributed by atoms with Crippen LogP contribution in [0.3, 0.4) is 0 Å². The van der Waals surface area contributed by atoms with Gasteiger partial charge in [-0.15, -0.1) is 15.3 Å². The molecule has 0 aliphatic heterocycles. The second-order valence-electron chi connectivity index (χ2n) is 5.40. The highest BCUT2D eigenvalue weighted by molar-refractivity contribution is 9.10. The number of thioether (sulfide) groups is 1. The molecular formula is C17H13BrN6OS. The van der Waals surface area contributed by atoms with Crippen molar-refractivity contribution >= 4 is 27.7 Å². The zero-order chi connectivity index (χ0) is 17.8. The van der Waals surface area contributed by atoms with Crippen molar-refractivity contribution in [3.63, 3.8) is 0 Å². The number of hydrogen-bond acceptors (Lipinski definition) is 7. The summed E-state index contributed by atoms with van der Waals surface area (Å²) in [6.07, 6.45) is 0. The second kappa shape index (κ2) is 7.79. The Morgan fingerprint density at radius 2 is 1.88 bits per heavy atom. The standard InChI is InChI=1S/C17H13BrN6OS/c18-14-8-4-7-13(9-14)16-20-19-15(25-16)11-26-17-21-22-23-24(17)10-12-5-2-1-3-6-12/h1-9H,10-11H2. The number of tetrazole rings is 1. The third-order valence-electron chi connectivity index (χ3n) is 3.54. The lowest BCUT2D eigenvalue weighted by Crippen LogP contribution is -2.03. The van der Waals surface area contributed by atoms with Crippen LogP contribution in [0.2, 0.25) is 0 Å². The molecule has 2 heterocycles. The van der Waals surface area contributed by atoms with Gasteiger partial charge in [-0.1, -0.05) is 64.1 Å². The van der Waals surface area contributed by atoms with Crippen molar-refractivity contribution in [3.05, 3.63) is 70.5 Å². The highest BCUT2D eigenvalue weighted by Gasteiger charge is 2.12. The van der Waals surface area contributed by atoms with E-state index in [0.29, 0.717) is 29.2 Å². The van der Waals surface area contributed by atoms with Gasteiger partial charge in [0.1, 0.15) is 0 Å². The molecule has 4 aromatic rings. The third kappa shape index (κ3) is 4.00. The van der Waals surface area contributed by atoms with Gasteiger partial charge in [0.15, 0.2) is 0 Å². The van der Waals surface area contributed by atoms with Crippen LogP contribution in [-0.2, 0) is 12.3 Å². The van der Waals surface area contributed by atoms with Gasteiger partial charge in [0.2, 0.25) is 16.9 Å². The van der Waals surface area contributed by atoms with E-state index >= 15 is 0 Å². The lowest BCUT2D eigenvalue weighted by atomic mass is 10.2. The van der Waals surface area contributed by atoms with Gasteiger partial charge < -0.3 is 4.42 Å². The molecule has 9 heteroatoms. The number of hydrogen-bond donors (Lipinski definition) is 0. The average Bonchev–Trinajstić information content (AvgIpc) is 3.30. The summed E-state index contributed by atoms with van der Waals surface area (Å²) in [6.45, 7) is 0.614. The lowest BCUT2D eigenvalue weighted by molar-refractivity contribution is 0.527. The van der Waals surface area contributed by atoms with Gasteiger partial charge in [0.05, 0.1) is 12.3 Å². The molecule has 0 radical (unpaired) electrons. The maximum absolute atomic E-state index is 5.74. The van der Waals surface area contributed by atoms with Crippen molar-refractivity contribution in [2.45, 2.75) is 17.5 Å². The maximum Gasteiger partial charge on any atom is 0.247 e. The van der Waals surface area contributed by atoms with Crippen LogP contribution in [0.15, 0.2) is 68.6 Å². The number of nitrogens with zero attached hydrogens (tertiary/aromatic N) is 6. The molecule has 4 rings (SSSR count). The maximum atomic E-state index is 5.74. The van der Waals surface area contributed by atoms with Gasteiger partial charge in [0.25, 0.3) is 0 Å². The molecule has 0 N–H and O–H groups in total. The SMILES string of the molecule is Brc1cccc(-c2nnc(CSc3nnnn3Cc3ccccc3)o2)c1. The Bertz CT molecular complexity index is 1000. The first-order valence-electron chi connectivity index (χ1n) is 7.79. The minimum atomic E-state index is 0.491. The summed E-state index contributed by atoms with van der Waals surface area (Å²) in [5.41, 5.74) is 2.01.